The number of aryl methyl sites for hydroxylation is 2. The number of aliphatic carboxylic acids is 1. The summed E-state index contributed by atoms with van der Waals surface area (Å²) in [5.74, 6) is 1.18. The van der Waals surface area contributed by atoms with E-state index >= 15 is 0 Å². The van der Waals surface area contributed by atoms with Gasteiger partial charge in [-0.2, -0.15) is 0 Å². The van der Waals surface area contributed by atoms with Crippen LogP contribution in [0.2, 0.25) is 20.1 Å². The third-order valence-corrected chi connectivity index (χ3v) is 12.0. The highest BCUT2D eigenvalue weighted by atomic mass is 35.5. The molecular weight excluding hydrogens is 816 g/mol. The molecule has 14 nitrogen and oxygen atoms in total. The van der Waals surface area contributed by atoms with Gasteiger partial charge in [-0.3, -0.25) is 9.59 Å². The fourth-order valence-corrected chi connectivity index (χ4v) is 8.13. The molecule has 3 aliphatic carbocycles. The molecule has 4 heterocycles. The van der Waals surface area contributed by atoms with Crippen molar-refractivity contribution >= 4 is 103 Å². The number of aromatic nitrogens is 6. The van der Waals surface area contributed by atoms with Crippen LogP contribution in [0.15, 0.2) is 36.9 Å². The monoisotopic (exact) mass is 851 g/mol. The summed E-state index contributed by atoms with van der Waals surface area (Å²) in [7, 11) is 3.11. The van der Waals surface area contributed by atoms with E-state index in [2.05, 4.69) is 45.9 Å². The Hall–Kier alpha value is -5.02. The number of amides is 1. The average molecular weight is 854 g/mol. The highest BCUT2D eigenvalue weighted by Gasteiger charge is 2.33. The van der Waals surface area contributed by atoms with Gasteiger partial charge in [-0.05, 0) is 74.6 Å². The normalized spacial score (nSPS) is 17.2. The zero-order chi connectivity index (χ0) is 40.0. The molecule has 0 bridgehead atoms. The predicted octanol–water partition coefficient (Wildman–Crippen LogP) is 8.61. The van der Waals surface area contributed by atoms with Crippen LogP contribution < -0.4 is 25.4 Å². The van der Waals surface area contributed by atoms with Crippen molar-refractivity contribution < 1.29 is 24.2 Å². The zero-order valence-electron chi connectivity index (χ0n) is 30.7. The van der Waals surface area contributed by atoms with E-state index in [1.54, 1.807) is 31.4 Å². The number of fused-ring (bicyclic) bond motifs is 6. The van der Waals surface area contributed by atoms with E-state index in [1.807, 2.05) is 0 Å². The van der Waals surface area contributed by atoms with Crippen molar-refractivity contribution in [1.82, 2.24) is 35.2 Å². The molecule has 1 fully saturated rings. The van der Waals surface area contributed by atoms with Crippen LogP contribution in [-0.2, 0) is 35.3 Å². The molecule has 1 saturated carbocycles. The number of nitrogens with zero attached hydrogens (tertiary/aromatic N) is 4. The number of carbonyl (C=O) groups excluding carboxylic acids is 1. The molecule has 0 spiro atoms. The number of carbonyl (C=O) groups is 2. The summed E-state index contributed by atoms with van der Waals surface area (Å²) in [6, 6.07) is 7.02. The average Bonchev–Trinajstić information content (AvgIpc) is 3.81. The largest absolute Gasteiger partial charge is 0.495 e. The van der Waals surface area contributed by atoms with E-state index in [0.29, 0.717) is 92.0 Å². The van der Waals surface area contributed by atoms with Gasteiger partial charge >= 0.3 is 5.97 Å². The number of benzene rings is 2. The summed E-state index contributed by atoms with van der Waals surface area (Å²) in [5, 5.41) is 22.4. The second-order valence-corrected chi connectivity index (χ2v) is 15.9. The fraction of sp³-hybridized carbons (Fsp3) is 0.333. The number of hydrogen-bond acceptors (Lipinski definition) is 10. The number of anilines is 4. The maximum absolute atomic E-state index is 12.6. The molecule has 2 atom stereocenters. The van der Waals surface area contributed by atoms with Crippen molar-refractivity contribution in [2.75, 3.05) is 24.9 Å². The van der Waals surface area contributed by atoms with Crippen LogP contribution >= 0.6 is 46.4 Å². The van der Waals surface area contributed by atoms with Crippen molar-refractivity contribution in [3.63, 3.8) is 0 Å². The number of H-pyrrole nitrogens is 2. The van der Waals surface area contributed by atoms with Gasteiger partial charge in [0, 0.05) is 35.5 Å². The van der Waals surface area contributed by atoms with Crippen LogP contribution in [0.4, 0.5) is 23.0 Å². The number of methoxy groups -OCH3 is 2. The van der Waals surface area contributed by atoms with Crippen LogP contribution in [0, 0.1) is 11.8 Å². The first-order valence-corrected chi connectivity index (χ1v) is 19.8. The molecule has 0 aliphatic heterocycles. The fourth-order valence-electron chi connectivity index (χ4n) is 7.50. The minimum atomic E-state index is -0.785. The maximum Gasteiger partial charge on any atom is 0.306 e. The number of ether oxygens (including phenoxy) is 2. The van der Waals surface area contributed by atoms with Crippen molar-refractivity contribution in [3.8, 4) is 11.5 Å². The summed E-state index contributed by atoms with van der Waals surface area (Å²) in [6.45, 7) is 0. The van der Waals surface area contributed by atoms with Crippen molar-refractivity contribution in [1.29, 1.82) is 0 Å². The van der Waals surface area contributed by atoms with E-state index < -0.39 is 11.9 Å². The predicted molar refractivity (Wildman–Crippen MR) is 220 cm³/mol. The first kappa shape index (κ1) is 38.8. The van der Waals surface area contributed by atoms with Gasteiger partial charge in [0.2, 0.25) is 5.91 Å². The molecule has 3 aliphatic rings. The number of nitrogens with one attached hydrogen (secondary N) is 5. The lowest BCUT2D eigenvalue weighted by Crippen LogP contribution is -2.35. The van der Waals surface area contributed by atoms with E-state index in [9.17, 15) is 14.7 Å². The van der Waals surface area contributed by atoms with Crippen molar-refractivity contribution in [2.45, 2.75) is 57.4 Å². The number of hydrogen-bond donors (Lipinski definition) is 6. The maximum atomic E-state index is 12.6. The zero-order valence-corrected chi connectivity index (χ0v) is 33.8. The molecule has 0 radical (unpaired) electrons. The lowest BCUT2D eigenvalue weighted by Gasteiger charge is -2.22. The Balaban J connectivity index is 0.000000161. The van der Waals surface area contributed by atoms with Gasteiger partial charge in [0.05, 0.1) is 62.4 Å². The van der Waals surface area contributed by atoms with Gasteiger partial charge in [0.1, 0.15) is 47.1 Å². The van der Waals surface area contributed by atoms with Crippen LogP contribution in [-0.4, -0.2) is 67.1 Å². The van der Waals surface area contributed by atoms with Gasteiger partial charge in [-0.15, -0.1) is 0 Å². The Morgan fingerprint density at radius 2 is 1.14 bits per heavy atom. The summed E-state index contributed by atoms with van der Waals surface area (Å²) in [6.07, 6.45) is 9.14. The minimum absolute atomic E-state index is 0.0373. The second kappa shape index (κ2) is 16.1. The molecule has 0 saturated heterocycles. The third-order valence-electron chi connectivity index (χ3n) is 10.6. The molecular formula is C39H37Cl4N9O5. The summed E-state index contributed by atoms with van der Waals surface area (Å²) < 4.78 is 10.8. The van der Waals surface area contributed by atoms with Gasteiger partial charge in [-0.1, -0.05) is 46.4 Å². The number of halogens is 4. The summed E-state index contributed by atoms with van der Waals surface area (Å²) in [5.41, 5.74) is 6.83. The van der Waals surface area contributed by atoms with Crippen LogP contribution in [0.25, 0.3) is 22.1 Å². The Morgan fingerprint density at radius 3 is 1.60 bits per heavy atom. The van der Waals surface area contributed by atoms with Gasteiger partial charge in [-0.25, -0.2) is 19.9 Å². The number of carboxylic acid groups (broad SMARTS) is 1. The van der Waals surface area contributed by atoms with E-state index in [-0.39, 0.29) is 11.8 Å². The van der Waals surface area contributed by atoms with E-state index in [4.69, 9.17) is 55.9 Å². The smallest absolute Gasteiger partial charge is 0.306 e. The molecule has 296 valence electrons. The second-order valence-electron chi connectivity index (χ2n) is 14.2. The van der Waals surface area contributed by atoms with Gasteiger partial charge in [0.15, 0.2) is 0 Å². The lowest BCUT2D eigenvalue weighted by atomic mass is 9.86. The molecule has 9 rings (SSSR count). The summed E-state index contributed by atoms with van der Waals surface area (Å²) in [4.78, 5) is 48.3. The van der Waals surface area contributed by atoms with E-state index in [1.165, 1.54) is 19.8 Å². The first-order valence-electron chi connectivity index (χ1n) is 18.3. The molecule has 6 N–H and O–H groups in total. The topological polar surface area (TPSA) is 192 Å². The third kappa shape index (κ3) is 7.96. The first-order chi connectivity index (χ1) is 27.5. The molecule has 57 heavy (non-hydrogen) atoms. The highest BCUT2D eigenvalue weighted by Crippen LogP contribution is 2.41. The Kier molecular flexibility index (Phi) is 11.0. The molecule has 6 aromatic rings. The quantitative estimate of drug-likeness (QED) is 0.0816. The van der Waals surface area contributed by atoms with Crippen molar-refractivity contribution in [3.05, 3.63) is 79.5 Å². The number of rotatable bonds is 9. The standard InChI is InChI=1S/C21H21Cl2N5O2.C18H16Cl2N4O3/c1-30-17-8-14(23)13(22)7-16(17)28-20-18-12-6-10(21(29)26-11-3-4-11)2-5-15(12)27-19(18)24-9-25-20;1-27-14-6-11(20)10(19)5-13(14)24-17-15-9-4-8(18(25)26)2-3-12(9)23-16(15)21-7-22-17/h7-11H,2-6H2,1H3,(H,26,29)(H2,24,25,27,28);5-8H,2-4H2,1H3,(H,25,26)(H2,21,22,23,24). The SMILES string of the molecule is COc1cc(Cl)c(Cl)cc1Nc1ncnc2[nH]c3c(c12)CC(C(=O)NC1CC1)CC3.COc1cc(Cl)c(Cl)cc1Nc1ncnc2[nH]c3c(c12)CC(C(=O)O)CC3. The molecule has 18 heteroatoms. The number of carboxylic acids is 1. The Labute approximate surface area is 346 Å². The molecule has 2 unspecified atom stereocenters. The molecule has 4 aromatic heterocycles. The molecule has 1 amide bonds. The minimum Gasteiger partial charge on any atom is -0.495 e. The summed E-state index contributed by atoms with van der Waals surface area (Å²) >= 11 is 24.5. The lowest BCUT2D eigenvalue weighted by molar-refractivity contribution is -0.142. The van der Waals surface area contributed by atoms with Gasteiger partial charge < -0.3 is 40.5 Å². The van der Waals surface area contributed by atoms with Crippen molar-refractivity contribution in [2.24, 2.45) is 11.8 Å². The van der Waals surface area contributed by atoms with Crippen LogP contribution in [0.1, 0.15) is 48.2 Å². The Bertz CT molecular complexity index is 2540. The molecule has 2 aromatic carbocycles. The Morgan fingerprint density at radius 1 is 0.684 bits per heavy atom. The van der Waals surface area contributed by atoms with Crippen LogP contribution in [0.3, 0.4) is 0 Å². The van der Waals surface area contributed by atoms with Gasteiger partial charge in [0.25, 0.3) is 0 Å². The number of aromatic amines is 2. The van der Waals surface area contributed by atoms with Crippen LogP contribution in [0.5, 0.6) is 11.5 Å². The highest BCUT2D eigenvalue weighted by molar-refractivity contribution is 6.43. The van der Waals surface area contributed by atoms with E-state index in [0.717, 1.165) is 64.6 Å².